The van der Waals surface area contributed by atoms with Crippen molar-refractivity contribution in [3.05, 3.63) is 106 Å². The largest absolute Gasteiger partial charge is 0.455 e. The van der Waals surface area contributed by atoms with Gasteiger partial charge in [0.05, 0.1) is 41.6 Å². The van der Waals surface area contributed by atoms with Crippen molar-refractivity contribution in [3.8, 4) is 11.5 Å². The number of hydrogen-bond donors (Lipinski definition) is 3. The molecule has 3 N–H and O–H groups in total. The van der Waals surface area contributed by atoms with Crippen LogP contribution in [0.2, 0.25) is 0 Å². The first-order chi connectivity index (χ1) is 31.2. The van der Waals surface area contributed by atoms with E-state index in [1.165, 1.54) is 17.3 Å². The number of hydrogen-bond acceptors (Lipinski definition) is 12. The third kappa shape index (κ3) is 9.57. The average molecular weight is 905 g/mol. The molecule has 2 aromatic carbocycles. The van der Waals surface area contributed by atoms with E-state index in [0.717, 1.165) is 94.3 Å². The summed E-state index contributed by atoms with van der Waals surface area (Å²) in [4.78, 5) is 41.6. The highest BCUT2D eigenvalue weighted by Crippen LogP contribution is 2.53. The molecule has 15 nitrogen and oxygen atoms in total. The molecule has 3 aromatic heterocycles. The average Bonchev–Trinajstić information content (AvgIpc) is 3.76. The summed E-state index contributed by atoms with van der Waals surface area (Å²) in [5, 5.41) is 16.0. The van der Waals surface area contributed by atoms with Gasteiger partial charge < -0.3 is 24.7 Å². The Morgan fingerprint density at radius 1 is 1.02 bits per heavy atom. The predicted molar refractivity (Wildman–Crippen MR) is 250 cm³/mol. The SMILES string of the molecule is CC1CN(C2CC3(CCN(c4ccc(C(=O)NS(=O)(=O)c5cnc(NC[C@H]6CC[C@@H](C)CC6)c([N+](=O)[O-])c5)c(Oc5cnc6[nH]ccc6c5)c4)CC3)C2)[C@H](c2ccccc2C(C)C)CO1. The van der Waals surface area contributed by atoms with Gasteiger partial charge in [-0.25, -0.2) is 23.1 Å². The van der Waals surface area contributed by atoms with Gasteiger partial charge >= 0.3 is 5.69 Å². The number of nitro groups is 1. The van der Waals surface area contributed by atoms with E-state index >= 15 is 0 Å². The maximum Gasteiger partial charge on any atom is 0.312 e. The number of nitrogens with one attached hydrogen (secondary N) is 3. The molecule has 0 bridgehead atoms. The molecule has 9 rings (SSSR count). The maximum atomic E-state index is 14.0. The summed E-state index contributed by atoms with van der Waals surface area (Å²) < 4.78 is 42.2. The van der Waals surface area contributed by atoms with E-state index in [0.29, 0.717) is 48.3 Å². The van der Waals surface area contributed by atoms with Gasteiger partial charge in [0.1, 0.15) is 22.0 Å². The number of fused-ring (bicyclic) bond motifs is 1. The fraction of sp³-hybridized carbons (Fsp3) is 0.490. The molecule has 1 unspecified atom stereocenters. The minimum atomic E-state index is -4.60. The first-order valence-corrected chi connectivity index (χ1v) is 24.6. The fourth-order valence-electron chi connectivity index (χ4n) is 10.6. The molecule has 2 saturated heterocycles. The number of ether oxygens (including phenoxy) is 2. The summed E-state index contributed by atoms with van der Waals surface area (Å²) in [5.41, 5.74) is 4.02. The van der Waals surface area contributed by atoms with Crippen LogP contribution in [-0.4, -0.2) is 84.0 Å². The van der Waals surface area contributed by atoms with Gasteiger partial charge in [0, 0.05) is 61.6 Å². The summed E-state index contributed by atoms with van der Waals surface area (Å²) in [7, 11) is -4.60. The monoisotopic (exact) mass is 904 g/mol. The van der Waals surface area contributed by atoms with Gasteiger partial charge in [0.15, 0.2) is 0 Å². The second-order valence-electron chi connectivity index (χ2n) is 19.3. The quantitative estimate of drug-likeness (QED) is 0.0753. The lowest BCUT2D eigenvalue weighted by Gasteiger charge is -2.58. The molecular weight excluding hydrogens is 845 g/mol. The van der Waals surface area contributed by atoms with Crippen molar-refractivity contribution >= 4 is 44.2 Å². The highest BCUT2D eigenvalue weighted by atomic mass is 32.2. The Morgan fingerprint density at radius 2 is 1.78 bits per heavy atom. The number of morpholine rings is 1. The number of piperidine rings is 1. The lowest BCUT2D eigenvalue weighted by Crippen LogP contribution is -2.59. The Hall–Kier alpha value is -5.58. The van der Waals surface area contributed by atoms with Gasteiger partial charge in [-0.1, -0.05) is 57.9 Å². The Balaban J connectivity index is 0.904. The predicted octanol–water partition coefficient (Wildman–Crippen LogP) is 9.35. The topological polar surface area (TPSA) is 185 Å². The number of pyridine rings is 2. The Labute approximate surface area is 380 Å². The van der Waals surface area contributed by atoms with Crippen LogP contribution in [0.1, 0.15) is 113 Å². The number of carbonyl (C=O) groups is 1. The van der Waals surface area contributed by atoms with E-state index in [9.17, 15) is 23.3 Å². The van der Waals surface area contributed by atoms with Crippen LogP contribution >= 0.6 is 0 Å². The number of H-pyrrole nitrogens is 1. The second kappa shape index (κ2) is 18.4. The van der Waals surface area contributed by atoms with E-state index in [4.69, 9.17) is 9.47 Å². The summed E-state index contributed by atoms with van der Waals surface area (Å²) in [6.45, 7) is 12.7. The fourth-order valence-corrected chi connectivity index (χ4v) is 11.5. The lowest BCUT2D eigenvalue weighted by atomic mass is 9.59. The van der Waals surface area contributed by atoms with Crippen molar-refractivity contribution < 1.29 is 27.6 Å². The Bertz CT molecular complexity index is 2650. The lowest BCUT2D eigenvalue weighted by molar-refractivity contribution is -0.384. The van der Waals surface area contributed by atoms with Gasteiger partial charge in [-0.05, 0) is 104 Å². The number of aromatic amines is 1. The summed E-state index contributed by atoms with van der Waals surface area (Å²) in [5.74, 6) is 0.976. The van der Waals surface area contributed by atoms with Gasteiger partial charge in [-0.3, -0.25) is 19.8 Å². The molecular formula is C49H60N8O7S. The van der Waals surface area contributed by atoms with E-state index in [2.05, 4.69) is 86.8 Å². The Kier molecular flexibility index (Phi) is 12.6. The zero-order valence-corrected chi connectivity index (χ0v) is 38.5. The molecule has 2 aliphatic heterocycles. The van der Waals surface area contributed by atoms with Crippen molar-refractivity contribution in [2.45, 2.75) is 108 Å². The molecule has 16 heteroatoms. The van der Waals surface area contributed by atoms with E-state index in [-0.39, 0.29) is 34.7 Å². The minimum Gasteiger partial charge on any atom is -0.455 e. The highest BCUT2D eigenvalue weighted by Gasteiger charge is 2.50. The number of aromatic nitrogens is 3. The van der Waals surface area contributed by atoms with Crippen molar-refractivity contribution in [2.24, 2.45) is 17.3 Å². The van der Waals surface area contributed by atoms with Gasteiger partial charge in [0.25, 0.3) is 15.9 Å². The van der Waals surface area contributed by atoms with E-state index in [1.807, 2.05) is 12.1 Å². The first kappa shape index (κ1) is 44.6. The molecule has 5 aromatic rings. The van der Waals surface area contributed by atoms with Crippen LogP contribution in [0, 0.1) is 27.4 Å². The molecule has 2 saturated carbocycles. The number of benzene rings is 2. The molecule has 2 atom stereocenters. The van der Waals surface area contributed by atoms with Crippen LogP contribution in [0.3, 0.4) is 0 Å². The van der Waals surface area contributed by atoms with Crippen LogP contribution < -0.4 is 19.7 Å². The summed E-state index contributed by atoms with van der Waals surface area (Å²) in [6, 6.07) is 19.3. The molecule has 4 aliphatic rings. The number of anilines is 2. The van der Waals surface area contributed by atoms with Crippen molar-refractivity contribution in [1.82, 2.24) is 24.6 Å². The summed E-state index contributed by atoms with van der Waals surface area (Å²) >= 11 is 0. The first-order valence-electron chi connectivity index (χ1n) is 23.2. The normalized spacial score (nSPS) is 22.8. The molecule has 2 aliphatic carbocycles. The molecule has 1 amide bonds. The van der Waals surface area contributed by atoms with Gasteiger partial charge in [-0.2, -0.15) is 0 Å². The van der Waals surface area contributed by atoms with Crippen molar-refractivity contribution in [2.75, 3.05) is 43.0 Å². The van der Waals surface area contributed by atoms with Crippen LogP contribution in [0.15, 0.2) is 84.1 Å². The van der Waals surface area contributed by atoms with Crippen molar-refractivity contribution in [1.29, 1.82) is 0 Å². The molecule has 1 spiro atoms. The maximum absolute atomic E-state index is 14.0. The molecule has 0 radical (unpaired) electrons. The minimum absolute atomic E-state index is 0.0115. The van der Waals surface area contributed by atoms with E-state index in [1.54, 1.807) is 24.4 Å². The van der Waals surface area contributed by atoms with Gasteiger partial charge in [-0.15, -0.1) is 0 Å². The molecule has 4 fully saturated rings. The number of sulfonamides is 1. The molecule has 5 heterocycles. The smallest absolute Gasteiger partial charge is 0.312 e. The number of nitrogens with zero attached hydrogens (tertiary/aromatic N) is 5. The van der Waals surface area contributed by atoms with Crippen LogP contribution in [0.5, 0.6) is 11.5 Å². The zero-order valence-electron chi connectivity index (χ0n) is 37.7. The van der Waals surface area contributed by atoms with Crippen LogP contribution in [0.4, 0.5) is 17.2 Å². The number of rotatable bonds is 13. The third-order valence-electron chi connectivity index (χ3n) is 14.5. The van der Waals surface area contributed by atoms with Crippen molar-refractivity contribution in [3.63, 3.8) is 0 Å². The summed E-state index contributed by atoms with van der Waals surface area (Å²) in [6.07, 6.45) is 13.1. The third-order valence-corrected chi connectivity index (χ3v) is 15.8. The standard InChI is InChI=1S/C49H60N8O7S/c1-31(2)40-7-5-6-8-41(40)44-30-63-33(4)29-56(44)37-24-49(25-37)16-19-55(20-17-49)36-13-14-42(45(22-36)64-38-21-35-15-18-50-46(35)52-27-38)48(58)54-65(61,62)39-23-43(57(59)60)47(53-28-39)51-26-34-11-9-32(3)10-12-34/h5-8,13-15,18,21-23,27-28,31-34,37,44H,9-12,16-17,19-20,24-26,29-30H2,1-4H3,(H,50,52)(H,51,53)(H,54,58)/t32-,33?,34+,44-/m0/s1. The molecule has 344 valence electrons. The molecule has 65 heavy (non-hydrogen) atoms. The number of amides is 1. The van der Waals surface area contributed by atoms with Crippen LogP contribution in [-0.2, 0) is 14.8 Å². The van der Waals surface area contributed by atoms with Crippen LogP contribution in [0.25, 0.3) is 11.0 Å². The van der Waals surface area contributed by atoms with E-state index < -0.39 is 31.4 Å². The highest BCUT2D eigenvalue weighted by molar-refractivity contribution is 7.90. The van der Waals surface area contributed by atoms with Gasteiger partial charge in [0.2, 0.25) is 5.82 Å². The second-order valence-corrected chi connectivity index (χ2v) is 21.0. The number of carbonyl (C=O) groups excluding carboxylic acids is 1. The Morgan fingerprint density at radius 3 is 2.54 bits per heavy atom. The zero-order chi connectivity index (χ0) is 45.5.